The highest BCUT2D eigenvalue weighted by Gasteiger charge is 2.04. The third-order valence-electron chi connectivity index (χ3n) is 3.55. The first-order valence-corrected chi connectivity index (χ1v) is 8.88. The lowest BCUT2D eigenvalue weighted by atomic mass is 10.1. The third-order valence-corrected chi connectivity index (χ3v) is 4.08. The number of carbonyl (C=O) groups is 2. The number of rotatable bonds is 9. The van der Waals surface area contributed by atoms with Crippen LogP contribution in [-0.2, 0) is 16.0 Å². The molecule has 0 aromatic heterocycles. The van der Waals surface area contributed by atoms with Crippen LogP contribution in [0.15, 0.2) is 53.0 Å². The monoisotopic (exact) mass is 404 g/mol. The third kappa shape index (κ3) is 7.39. The molecule has 2 rings (SSSR count). The van der Waals surface area contributed by atoms with Crippen LogP contribution in [0.5, 0.6) is 5.75 Å². The fourth-order valence-corrected chi connectivity index (χ4v) is 2.54. The quantitative estimate of drug-likeness (QED) is 0.625. The van der Waals surface area contributed by atoms with Crippen LogP contribution in [0.4, 0.5) is 5.69 Å². The lowest BCUT2D eigenvalue weighted by molar-refractivity contribution is -0.120. The highest BCUT2D eigenvalue weighted by atomic mass is 79.9. The van der Waals surface area contributed by atoms with Gasteiger partial charge < -0.3 is 15.8 Å². The molecule has 5 nitrogen and oxygen atoms in total. The minimum atomic E-state index is -0.527. The van der Waals surface area contributed by atoms with Gasteiger partial charge in [0.2, 0.25) is 5.91 Å². The van der Waals surface area contributed by atoms with Gasteiger partial charge in [-0.05, 0) is 61.2 Å². The van der Waals surface area contributed by atoms with E-state index in [-0.39, 0.29) is 12.5 Å². The second-order valence-corrected chi connectivity index (χ2v) is 6.58. The van der Waals surface area contributed by atoms with E-state index in [1.807, 2.05) is 12.1 Å². The summed E-state index contributed by atoms with van der Waals surface area (Å²) in [5.74, 6) is -0.00609. The molecule has 2 aromatic carbocycles. The first-order chi connectivity index (χ1) is 12.0. The summed E-state index contributed by atoms with van der Waals surface area (Å²) in [6.07, 6.45) is 3.25. The summed E-state index contributed by atoms with van der Waals surface area (Å²) in [4.78, 5) is 22.6. The van der Waals surface area contributed by atoms with E-state index in [0.717, 1.165) is 23.7 Å². The average molecular weight is 405 g/mol. The van der Waals surface area contributed by atoms with Crippen LogP contribution in [-0.4, -0.2) is 18.4 Å². The van der Waals surface area contributed by atoms with E-state index in [1.165, 1.54) is 5.56 Å². The van der Waals surface area contributed by atoms with E-state index in [2.05, 4.69) is 33.4 Å². The molecule has 0 unspecified atom stereocenters. The van der Waals surface area contributed by atoms with Crippen LogP contribution in [0.25, 0.3) is 0 Å². The highest BCUT2D eigenvalue weighted by Crippen LogP contribution is 2.16. The Balaban J connectivity index is 1.67. The molecule has 0 fully saturated rings. The summed E-state index contributed by atoms with van der Waals surface area (Å²) in [6, 6.07) is 15.1. The average Bonchev–Trinajstić information content (AvgIpc) is 2.59. The molecular weight excluding hydrogens is 384 g/mol. The van der Waals surface area contributed by atoms with Crippen LogP contribution in [0.2, 0.25) is 0 Å². The van der Waals surface area contributed by atoms with Gasteiger partial charge in [0.15, 0.2) is 6.61 Å². The zero-order chi connectivity index (χ0) is 18.1. The van der Waals surface area contributed by atoms with Crippen molar-refractivity contribution < 1.29 is 14.3 Å². The summed E-state index contributed by atoms with van der Waals surface area (Å²) >= 11 is 3.42. The number of primary amides is 1. The van der Waals surface area contributed by atoms with E-state index in [9.17, 15) is 9.59 Å². The van der Waals surface area contributed by atoms with E-state index in [4.69, 9.17) is 10.5 Å². The maximum atomic E-state index is 12.0. The maximum absolute atomic E-state index is 12.0. The zero-order valence-electron chi connectivity index (χ0n) is 13.8. The van der Waals surface area contributed by atoms with E-state index in [1.54, 1.807) is 24.3 Å². The van der Waals surface area contributed by atoms with Gasteiger partial charge in [-0.25, -0.2) is 0 Å². The van der Waals surface area contributed by atoms with E-state index in [0.29, 0.717) is 17.9 Å². The number of nitrogens with one attached hydrogen (secondary N) is 1. The van der Waals surface area contributed by atoms with Crippen molar-refractivity contribution in [1.29, 1.82) is 0 Å². The van der Waals surface area contributed by atoms with Crippen LogP contribution >= 0.6 is 15.9 Å². The SMILES string of the molecule is NC(=O)COc1ccc(NC(=O)CCCCc2ccc(Br)cc2)cc1. The van der Waals surface area contributed by atoms with Crippen LogP contribution in [0, 0.1) is 0 Å². The molecule has 0 spiro atoms. The number of amides is 2. The number of anilines is 1. The summed E-state index contributed by atoms with van der Waals surface area (Å²) in [5.41, 5.74) is 6.99. The first-order valence-electron chi connectivity index (χ1n) is 8.08. The standard InChI is InChI=1S/C19H21BrN2O3/c20-15-7-5-14(6-8-15)3-1-2-4-19(24)22-16-9-11-17(12-10-16)25-13-18(21)23/h5-12H,1-4,13H2,(H2,21,23)(H,22,24). The Morgan fingerprint density at radius 1 is 1.00 bits per heavy atom. The van der Waals surface area contributed by atoms with Gasteiger partial charge in [0.1, 0.15) is 5.75 Å². The molecular formula is C19H21BrN2O3. The molecule has 0 bridgehead atoms. The van der Waals surface area contributed by atoms with Crippen molar-refractivity contribution in [2.75, 3.05) is 11.9 Å². The molecule has 0 saturated heterocycles. The second kappa shape index (κ2) is 9.84. The summed E-state index contributed by atoms with van der Waals surface area (Å²) in [5, 5.41) is 2.85. The van der Waals surface area contributed by atoms with Crippen molar-refractivity contribution in [3.8, 4) is 5.75 Å². The van der Waals surface area contributed by atoms with Crippen LogP contribution in [0.1, 0.15) is 24.8 Å². The Hall–Kier alpha value is -2.34. The van der Waals surface area contributed by atoms with Gasteiger partial charge >= 0.3 is 0 Å². The van der Waals surface area contributed by atoms with E-state index < -0.39 is 5.91 Å². The Morgan fingerprint density at radius 3 is 2.32 bits per heavy atom. The molecule has 0 aliphatic carbocycles. The number of nitrogens with two attached hydrogens (primary N) is 1. The molecule has 0 aliphatic heterocycles. The van der Waals surface area contributed by atoms with Gasteiger partial charge in [0.25, 0.3) is 5.91 Å². The smallest absolute Gasteiger partial charge is 0.255 e. The second-order valence-electron chi connectivity index (χ2n) is 5.66. The Labute approximate surface area is 155 Å². The fourth-order valence-electron chi connectivity index (χ4n) is 2.28. The van der Waals surface area contributed by atoms with Crippen molar-refractivity contribution in [2.24, 2.45) is 5.73 Å². The summed E-state index contributed by atoms with van der Waals surface area (Å²) in [6.45, 7) is -0.163. The molecule has 6 heteroatoms. The number of hydrogen-bond acceptors (Lipinski definition) is 3. The zero-order valence-corrected chi connectivity index (χ0v) is 15.4. The van der Waals surface area contributed by atoms with Crippen LogP contribution in [0.3, 0.4) is 0 Å². The number of benzene rings is 2. The Morgan fingerprint density at radius 2 is 1.68 bits per heavy atom. The van der Waals surface area contributed by atoms with Gasteiger partial charge in [-0.2, -0.15) is 0 Å². The number of aryl methyl sites for hydroxylation is 1. The molecule has 25 heavy (non-hydrogen) atoms. The van der Waals surface area contributed by atoms with E-state index >= 15 is 0 Å². The van der Waals surface area contributed by atoms with Crippen molar-refractivity contribution in [2.45, 2.75) is 25.7 Å². The van der Waals surface area contributed by atoms with Gasteiger partial charge in [-0.15, -0.1) is 0 Å². The Kier molecular flexibility index (Phi) is 7.47. The van der Waals surface area contributed by atoms with Crippen molar-refractivity contribution in [3.63, 3.8) is 0 Å². The number of hydrogen-bond donors (Lipinski definition) is 2. The molecule has 0 aliphatic rings. The van der Waals surface area contributed by atoms with Crippen molar-refractivity contribution in [3.05, 3.63) is 58.6 Å². The molecule has 2 amide bonds. The molecule has 2 aromatic rings. The minimum absolute atomic E-state index is 0.0124. The number of carbonyl (C=O) groups excluding carboxylic acids is 2. The van der Waals surface area contributed by atoms with Gasteiger partial charge in [-0.3, -0.25) is 9.59 Å². The highest BCUT2D eigenvalue weighted by molar-refractivity contribution is 9.10. The molecule has 3 N–H and O–H groups in total. The number of unbranched alkanes of at least 4 members (excludes halogenated alkanes) is 1. The van der Waals surface area contributed by atoms with Crippen molar-refractivity contribution >= 4 is 33.4 Å². The predicted octanol–water partition coefficient (Wildman–Crippen LogP) is 3.66. The largest absolute Gasteiger partial charge is 0.484 e. The normalized spacial score (nSPS) is 10.3. The fraction of sp³-hybridized carbons (Fsp3) is 0.263. The molecule has 0 saturated carbocycles. The minimum Gasteiger partial charge on any atom is -0.484 e. The number of ether oxygens (including phenoxy) is 1. The van der Waals surface area contributed by atoms with Crippen molar-refractivity contribution in [1.82, 2.24) is 0 Å². The summed E-state index contributed by atoms with van der Waals surface area (Å²) in [7, 11) is 0. The first kappa shape index (κ1) is 19.0. The molecule has 0 atom stereocenters. The molecule has 0 heterocycles. The lowest BCUT2D eigenvalue weighted by Gasteiger charge is -2.07. The predicted molar refractivity (Wildman–Crippen MR) is 101 cm³/mol. The molecule has 132 valence electrons. The summed E-state index contributed by atoms with van der Waals surface area (Å²) < 4.78 is 6.24. The van der Waals surface area contributed by atoms with Gasteiger partial charge in [-0.1, -0.05) is 28.1 Å². The Bertz CT molecular complexity index is 700. The topological polar surface area (TPSA) is 81.4 Å². The van der Waals surface area contributed by atoms with Gasteiger partial charge in [0, 0.05) is 16.6 Å². The maximum Gasteiger partial charge on any atom is 0.255 e. The van der Waals surface area contributed by atoms with Gasteiger partial charge in [0.05, 0.1) is 0 Å². The molecule has 0 radical (unpaired) electrons. The van der Waals surface area contributed by atoms with Crippen LogP contribution < -0.4 is 15.8 Å². The number of halogens is 1. The lowest BCUT2D eigenvalue weighted by Crippen LogP contribution is -2.20.